The highest BCUT2D eigenvalue weighted by molar-refractivity contribution is 8.18. The number of ether oxygens (including phenoxy) is 1. The van der Waals surface area contributed by atoms with Crippen LogP contribution in [0, 0.1) is 27.2 Å². The number of amides is 2. The third kappa shape index (κ3) is 5.36. The Labute approximate surface area is 203 Å². The van der Waals surface area contributed by atoms with Crippen LogP contribution >= 0.6 is 11.8 Å². The summed E-state index contributed by atoms with van der Waals surface area (Å²) in [5.74, 6) is -0.277. The van der Waals surface area contributed by atoms with Gasteiger partial charge in [-0.1, -0.05) is 42.0 Å². The molecule has 3 aromatic rings. The highest BCUT2D eigenvalue weighted by Gasteiger charge is 2.35. The van der Waals surface area contributed by atoms with Gasteiger partial charge in [-0.15, -0.1) is 0 Å². The Morgan fingerprint density at radius 1 is 0.971 bits per heavy atom. The molecule has 0 unspecified atom stereocenters. The first-order valence-electron chi connectivity index (χ1n) is 10.2. The minimum Gasteiger partial charge on any atom is -0.450 e. The van der Waals surface area contributed by atoms with Crippen LogP contribution < -0.4 is 4.74 Å². The van der Waals surface area contributed by atoms with Gasteiger partial charge in [-0.3, -0.25) is 34.7 Å². The molecule has 0 saturated carbocycles. The van der Waals surface area contributed by atoms with Crippen LogP contribution in [-0.4, -0.2) is 25.9 Å². The number of hydrogen-bond acceptors (Lipinski definition) is 8. The van der Waals surface area contributed by atoms with E-state index in [0.717, 1.165) is 41.1 Å². The zero-order valence-electron chi connectivity index (χ0n) is 18.2. The van der Waals surface area contributed by atoms with Gasteiger partial charge in [0.15, 0.2) is 0 Å². The van der Waals surface area contributed by atoms with Crippen molar-refractivity contribution in [2.45, 2.75) is 13.5 Å². The molecule has 0 spiro atoms. The standard InChI is InChI=1S/C24H17N3O7S/c1-15-3-2-4-17(11-15)14-25-23(28)22(35-24(25)29)12-16-5-8-19(9-6-16)34-21-10-7-18(26(30)31)13-20(21)27(32)33/h2-13H,14H2,1H3/b22-12-. The largest absolute Gasteiger partial charge is 0.450 e. The summed E-state index contributed by atoms with van der Waals surface area (Å²) in [6.07, 6.45) is 1.58. The second-order valence-electron chi connectivity index (χ2n) is 7.59. The molecule has 4 rings (SSSR count). The number of imide groups is 1. The van der Waals surface area contributed by atoms with Crippen molar-refractivity contribution in [1.82, 2.24) is 4.90 Å². The van der Waals surface area contributed by atoms with Gasteiger partial charge < -0.3 is 4.74 Å². The normalized spacial score (nSPS) is 14.4. The molecule has 10 nitrogen and oxygen atoms in total. The van der Waals surface area contributed by atoms with Gasteiger partial charge in [0, 0.05) is 6.07 Å². The molecule has 1 aliphatic heterocycles. The lowest BCUT2D eigenvalue weighted by atomic mass is 10.1. The second kappa shape index (κ2) is 9.77. The van der Waals surface area contributed by atoms with Gasteiger partial charge in [0.05, 0.1) is 27.4 Å². The smallest absolute Gasteiger partial charge is 0.318 e. The lowest BCUT2D eigenvalue weighted by Crippen LogP contribution is -2.27. The Balaban J connectivity index is 1.49. The summed E-state index contributed by atoms with van der Waals surface area (Å²) in [5, 5.41) is 21.8. The molecular formula is C24H17N3O7S. The number of nitrogens with zero attached hydrogens (tertiary/aromatic N) is 3. The van der Waals surface area contributed by atoms with E-state index in [1.165, 1.54) is 17.0 Å². The number of benzene rings is 3. The zero-order chi connectivity index (χ0) is 25.1. The maximum atomic E-state index is 12.8. The fourth-order valence-corrected chi connectivity index (χ4v) is 4.23. The maximum absolute atomic E-state index is 12.8. The zero-order valence-corrected chi connectivity index (χ0v) is 19.1. The molecule has 0 N–H and O–H groups in total. The van der Waals surface area contributed by atoms with Crippen LogP contribution in [0.5, 0.6) is 11.5 Å². The predicted octanol–water partition coefficient (Wildman–Crippen LogP) is 5.84. The summed E-state index contributed by atoms with van der Waals surface area (Å²) >= 11 is 0.853. The van der Waals surface area contributed by atoms with Gasteiger partial charge in [-0.2, -0.15) is 0 Å². The van der Waals surface area contributed by atoms with Crippen molar-refractivity contribution in [2.24, 2.45) is 0 Å². The lowest BCUT2D eigenvalue weighted by Gasteiger charge is -2.12. The number of rotatable bonds is 7. The van der Waals surface area contributed by atoms with Crippen LogP contribution in [-0.2, 0) is 11.3 Å². The number of aryl methyl sites for hydroxylation is 1. The van der Waals surface area contributed by atoms with Crippen LogP contribution in [0.3, 0.4) is 0 Å². The van der Waals surface area contributed by atoms with E-state index in [-0.39, 0.29) is 34.1 Å². The first kappa shape index (κ1) is 23.6. The van der Waals surface area contributed by atoms with E-state index < -0.39 is 21.2 Å². The van der Waals surface area contributed by atoms with E-state index in [2.05, 4.69) is 0 Å². The summed E-state index contributed by atoms with van der Waals surface area (Å²) in [6.45, 7) is 2.12. The monoisotopic (exact) mass is 491 g/mol. The molecule has 1 saturated heterocycles. The van der Waals surface area contributed by atoms with E-state index in [0.29, 0.717) is 5.56 Å². The Morgan fingerprint density at radius 2 is 1.71 bits per heavy atom. The van der Waals surface area contributed by atoms with Crippen molar-refractivity contribution < 1.29 is 24.2 Å². The number of hydrogen-bond donors (Lipinski definition) is 0. The fourth-order valence-electron chi connectivity index (χ4n) is 3.39. The highest BCUT2D eigenvalue weighted by atomic mass is 32.2. The Hall–Kier alpha value is -4.51. The molecule has 0 radical (unpaired) electrons. The number of carbonyl (C=O) groups excluding carboxylic acids is 2. The number of thioether (sulfide) groups is 1. The van der Waals surface area contributed by atoms with E-state index >= 15 is 0 Å². The van der Waals surface area contributed by atoms with E-state index in [1.807, 2.05) is 31.2 Å². The van der Waals surface area contributed by atoms with E-state index in [4.69, 9.17) is 4.74 Å². The van der Waals surface area contributed by atoms with Crippen LogP contribution in [0.1, 0.15) is 16.7 Å². The third-order valence-electron chi connectivity index (χ3n) is 5.05. The summed E-state index contributed by atoms with van der Waals surface area (Å²) in [5.41, 5.74) is 1.56. The van der Waals surface area contributed by atoms with Crippen molar-refractivity contribution >= 4 is 40.4 Å². The average Bonchev–Trinajstić information content (AvgIpc) is 3.07. The minimum absolute atomic E-state index is 0.148. The molecule has 35 heavy (non-hydrogen) atoms. The number of nitro benzene ring substituents is 2. The van der Waals surface area contributed by atoms with Gasteiger partial charge in [0.2, 0.25) is 5.75 Å². The maximum Gasteiger partial charge on any atom is 0.318 e. The van der Waals surface area contributed by atoms with Gasteiger partial charge in [-0.05, 0) is 54.1 Å². The van der Waals surface area contributed by atoms with Gasteiger partial charge in [-0.25, -0.2) is 0 Å². The molecular weight excluding hydrogens is 474 g/mol. The molecule has 0 aliphatic carbocycles. The van der Waals surface area contributed by atoms with E-state index in [1.54, 1.807) is 18.2 Å². The topological polar surface area (TPSA) is 133 Å². The molecule has 3 aromatic carbocycles. The third-order valence-corrected chi connectivity index (χ3v) is 5.96. The first-order chi connectivity index (χ1) is 16.7. The molecule has 1 fully saturated rings. The fraction of sp³-hybridized carbons (Fsp3) is 0.0833. The molecule has 1 aliphatic rings. The number of nitro groups is 2. The minimum atomic E-state index is -0.760. The van der Waals surface area contributed by atoms with Crippen molar-refractivity contribution in [1.29, 1.82) is 0 Å². The predicted molar refractivity (Wildman–Crippen MR) is 129 cm³/mol. The summed E-state index contributed by atoms with van der Waals surface area (Å²) in [4.78, 5) is 47.3. The number of non-ortho nitro benzene ring substituents is 1. The van der Waals surface area contributed by atoms with Crippen LogP contribution in [0.2, 0.25) is 0 Å². The van der Waals surface area contributed by atoms with Crippen LogP contribution in [0.4, 0.5) is 16.2 Å². The quantitative estimate of drug-likeness (QED) is 0.229. The Kier molecular flexibility index (Phi) is 6.60. The summed E-state index contributed by atoms with van der Waals surface area (Å²) in [6, 6.07) is 17.0. The van der Waals surface area contributed by atoms with Crippen molar-refractivity contribution in [3.05, 3.63) is 109 Å². The van der Waals surface area contributed by atoms with Crippen molar-refractivity contribution in [3.63, 3.8) is 0 Å². The SMILES string of the molecule is Cc1cccc(CN2C(=O)S/C(=C\c3ccc(Oc4ccc([N+](=O)[O-])cc4[N+](=O)[O-])cc3)C2=O)c1. The number of carbonyl (C=O) groups is 2. The molecule has 0 aromatic heterocycles. The van der Waals surface area contributed by atoms with Gasteiger partial charge in [0.25, 0.3) is 16.8 Å². The Morgan fingerprint density at radius 3 is 2.37 bits per heavy atom. The second-order valence-corrected chi connectivity index (χ2v) is 8.59. The van der Waals surface area contributed by atoms with Crippen LogP contribution in [0.15, 0.2) is 71.6 Å². The molecule has 2 amide bonds. The van der Waals surface area contributed by atoms with Crippen LogP contribution in [0.25, 0.3) is 6.08 Å². The molecule has 176 valence electrons. The molecule has 0 bridgehead atoms. The molecule has 0 atom stereocenters. The summed E-state index contributed by atoms with van der Waals surface area (Å²) in [7, 11) is 0. The van der Waals surface area contributed by atoms with E-state index in [9.17, 15) is 29.8 Å². The van der Waals surface area contributed by atoms with Gasteiger partial charge >= 0.3 is 5.69 Å². The molecule has 1 heterocycles. The highest BCUT2D eigenvalue weighted by Crippen LogP contribution is 2.36. The molecule has 11 heteroatoms. The first-order valence-corrected chi connectivity index (χ1v) is 11.0. The lowest BCUT2D eigenvalue weighted by molar-refractivity contribution is -0.394. The van der Waals surface area contributed by atoms with Gasteiger partial charge in [0.1, 0.15) is 5.75 Å². The van der Waals surface area contributed by atoms with Crippen molar-refractivity contribution in [2.75, 3.05) is 0 Å². The van der Waals surface area contributed by atoms with Crippen molar-refractivity contribution in [3.8, 4) is 11.5 Å². The average molecular weight is 491 g/mol. The summed E-state index contributed by atoms with van der Waals surface area (Å²) < 4.78 is 5.54. The Bertz CT molecular complexity index is 1390.